The summed E-state index contributed by atoms with van der Waals surface area (Å²) in [4.78, 5) is 0.273. The number of rotatable bonds is 8. The maximum atomic E-state index is 12.8. The van der Waals surface area contributed by atoms with Gasteiger partial charge < -0.3 is 14.2 Å². The first-order valence-electron chi connectivity index (χ1n) is 8.21. The van der Waals surface area contributed by atoms with Crippen molar-refractivity contribution in [3.05, 3.63) is 47.5 Å². The molecular formula is C19H25NO5S. The third-order valence-electron chi connectivity index (χ3n) is 3.85. The van der Waals surface area contributed by atoms with Crippen LogP contribution in [0.2, 0.25) is 0 Å². The molecule has 0 radical (unpaired) electrons. The van der Waals surface area contributed by atoms with Gasteiger partial charge in [-0.25, -0.2) is 13.1 Å². The third-order valence-corrected chi connectivity index (χ3v) is 5.75. The summed E-state index contributed by atoms with van der Waals surface area (Å²) in [6, 6.07) is 10.1. The van der Waals surface area contributed by atoms with E-state index < -0.39 is 16.1 Å². The Bertz CT molecular complexity index is 824. The van der Waals surface area contributed by atoms with Crippen molar-refractivity contribution in [1.29, 1.82) is 0 Å². The van der Waals surface area contributed by atoms with Gasteiger partial charge in [0.2, 0.25) is 10.0 Å². The maximum Gasteiger partial charge on any atom is 0.241 e. The molecule has 142 valence electrons. The van der Waals surface area contributed by atoms with Crippen LogP contribution in [0.15, 0.2) is 41.3 Å². The van der Waals surface area contributed by atoms with Crippen molar-refractivity contribution in [3.8, 4) is 17.2 Å². The molecule has 1 unspecified atom stereocenters. The van der Waals surface area contributed by atoms with Crippen molar-refractivity contribution >= 4 is 10.0 Å². The topological polar surface area (TPSA) is 73.9 Å². The number of hydrogen-bond donors (Lipinski definition) is 1. The van der Waals surface area contributed by atoms with Gasteiger partial charge in [-0.15, -0.1) is 0 Å². The third kappa shape index (κ3) is 4.89. The first-order chi connectivity index (χ1) is 12.3. The molecule has 1 atom stereocenters. The summed E-state index contributed by atoms with van der Waals surface area (Å²) < 4.78 is 44.1. The van der Waals surface area contributed by atoms with E-state index in [4.69, 9.17) is 14.2 Å². The molecule has 0 aliphatic carbocycles. The Labute approximate surface area is 155 Å². The van der Waals surface area contributed by atoms with Gasteiger partial charge in [-0.05, 0) is 68.3 Å². The van der Waals surface area contributed by atoms with Crippen LogP contribution >= 0.6 is 0 Å². The quantitative estimate of drug-likeness (QED) is 0.763. The molecule has 0 aliphatic heterocycles. The van der Waals surface area contributed by atoms with E-state index in [0.29, 0.717) is 22.6 Å². The SMILES string of the molecule is COc1ccc(OCC(C)NS(=O)(=O)c2c(C)cc(OC)cc2C)cc1. The van der Waals surface area contributed by atoms with E-state index in [1.807, 2.05) is 0 Å². The lowest BCUT2D eigenvalue weighted by Crippen LogP contribution is -2.37. The van der Waals surface area contributed by atoms with Gasteiger partial charge in [-0.2, -0.15) is 0 Å². The van der Waals surface area contributed by atoms with Crippen LogP contribution in [0.4, 0.5) is 0 Å². The van der Waals surface area contributed by atoms with Crippen molar-refractivity contribution < 1.29 is 22.6 Å². The Morgan fingerprint density at radius 2 is 1.42 bits per heavy atom. The molecule has 2 rings (SSSR count). The second kappa shape index (κ2) is 8.42. The van der Waals surface area contributed by atoms with Crippen LogP contribution in [0.5, 0.6) is 17.2 Å². The average Bonchev–Trinajstić information content (AvgIpc) is 2.59. The van der Waals surface area contributed by atoms with Crippen molar-refractivity contribution in [2.45, 2.75) is 31.7 Å². The van der Waals surface area contributed by atoms with E-state index in [9.17, 15) is 8.42 Å². The summed E-state index contributed by atoms with van der Waals surface area (Å²) in [6.45, 7) is 5.47. The average molecular weight is 379 g/mol. The minimum atomic E-state index is -3.67. The summed E-state index contributed by atoms with van der Waals surface area (Å²) in [6.07, 6.45) is 0. The number of nitrogens with one attached hydrogen (secondary N) is 1. The van der Waals surface area contributed by atoms with Crippen LogP contribution in [0.3, 0.4) is 0 Å². The number of sulfonamides is 1. The van der Waals surface area contributed by atoms with Crippen molar-refractivity contribution in [3.63, 3.8) is 0 Å². The normalized spacial score (nSPS) is 12.5. The van der Waals surface area contributed by atoms with Gasteiger partial charge in [-0.1, -0.05) is 0 Å². The minimum Gasteiger partial charge on any atom is -0.497 e. The van der Waals surface area contributed by atoms with Crippen LogP contribution in [-0.4, -0.2) is 35.3 Å². The Hall–Kier alpha value is -2.25. The van der Waals surface area contributed by atoms with E-state index >= 15 is 0 Å². The van der Waals surface area contributed by atoms with E-state index in [1.165, 1.54) is 0 Å². The molecule has 0 spiro atoms. The number of ether oxygens (including phenoxy) is 3. The molecule has 2 aromatic carbocycles. The summed E-state index contributed by atoms with van der Waals surface area (Å²) in [5, 5.41) is 0. The predicted octanol–water partition coefficient (Wildman–Crippen LogP) is 3.07. The zero-order valence-electron chi connectivity index (χ0n) is 15.7. The molecule has 0 aliphatic rings. The zero-order valence-corrected chi connectivity index (χ0v) is 16.5. The molecular weight excluding hydrogens is 354 g/mol. The Kier molecular flexibility index (Phi) is 6.50. The maximum absolute atomic E-state index is 12.8. The Morgan fingerprint density at radius 1 is 0.923 bits per heavy atom. The van der Waals surface area contributed by atoms with Crippen molar-refractivity contribution in [2.75, 3.05) is 20.8 Å². The smallest absolute Gasteiger partial charge is 0.241 e. The summed E-state index contributed by atoms with van der Waals surface area (Å²) in [5.74, 6) is 2.01. The molecule has 0 aromatic heterocycles. The van der Waals surface area contributed by atoms with Crippen LogP contribution in [-0.2, 0) is 10.0 Å². The number of methoxy groups -OCH3 is 2. The van der Waals surface area contributed by atoms with Gasteiger partial charge in [0.15, 0.2) is 0 Å². The van der Waals surface area contributed by atoms with Crippen molar-refractivity contribution in [1.82, 2.24) is 4.72 Å². The second-order valence-corrected chi connectivity index (χ2v) is 7.75. The molecule has 26 heavy (non-hydrogen) atoms. The molecule has 7 heteroatoms. The molecule has 0 amide bonds. The molecule has 0 saturated carbocycles. The summed E-state index contributed by atoms with van der Waals surface area (Å²) >= 11 is 0. The first-order valence-corrected chi connectivity index (χ1v) is 9.69. The van der Waals surface area contributed by atoms with Gasteiger partial charge in [0, 0.05) is 0 Å². The van der Waals surface area contributed by atoms with E-state index in [1.54, 1.807) is 71.4 Å². The predicted molar refractivity (Wildman–Crippen MR) is 101 cm³/mol. The van der Waals surface area contributed by atoms with Crippen LogP contribution in [0.1, 0.15) is 18.1 Å². The standard InChI is InChI=1S/C19H25NO5S/c1-13-10-18(24-5)11-14(2)19(13)26(21,22)20-15(3)12-25-17-8-6-16(23-4)7-9-17/h6-11,15,20H,12H2,1-5H3. The van der Waals surface area contributed by atoms with E-state index in [2.05, 4.69) is 4.72 Å². The van der Waals surface area contributed by atoms with Crippen LogP contribution in [0.25, 0.3) is 0 Å². The number of hydrogen-bond acceptors (Lipinski definition) is 5. The van der Waals surface area contributed by atoms with Gasteiger partial charge in [0.05, 0.1) is 25.2 Å². The first kappa shape index (κ1) is 20.1. The summed E-state index contributed by atoms with van der Waals surface area (Å²) in [5.41, 5.74) is 1.27. The highest BCUT2D eigenvalue weighted by Crippen LogP contribution is 2.25. The van der Waals surface area contributed by atoms with Crippen molar-refractivity contribution in [2.24, 2.45) is 0 Å². The fourth-order valence-electron chi connectivity index (χ4n) is 2.70. The molecule has 0 saturated heterocycles. The lowest BCUT2D eigenvalue weighted by atomic mass is 10.1. The summed E-state index contributed by atoms with van der Waals surface area (Å²) in [7, 11) is -0.519. The van der Waals surface area contributed by atoms with Gasteiger partial charge >= 0.3 is 0 Å². The van der Waals surface area contributed by atoms with Crippen LogP contribution < -0.4 is 18.9 Å². The molecule has 0 fully saturated rings. The fraction of sp³-hybridized carbons (Fsp3) is 0.368. The highest BCUT2D eigenvalue weighted by Gasteiger charge is 2.22. The number of benzene rings is 2. The lowest BCUT2D eigenvalue weighted by Gasteiger charge is -2.18. The van der Waals surface area contributed by atoms with Gasteiger partial charge in [0.1, 0.15) is 23.9 Å². The highest BCUT2D eigenvalue weighted by molar-refractivity contribution is 7.89. The Balaban J connectivity index is 2.06. The highest BCUT2D eigenvalue weighted by atomic mass is 32.2. The van der Waals surface area contributed by atoms with Gasteiger partial charge in [-0.3, -0.25) is 0 Å². The Morgan fingerprint density at radius 3 is 1.92 bits per heavy atom. The van der Waals surface area contributed by atoms with E-state index in [0.717, 1.165) is 5.75 Å². The molecule has 0 heterocycles. The lowest BCUT2D eigenvalue weighted by molar-refractivity contribution is 0.287. The fourth-order valence-corrected chi connectivity index (χ4v) is 4.38. The molecule has 1 N–H and O–H groups in total. The van der Waals surface area contributed by atoms with E-state index in [-0.39, 0.29) is 11.5 Å². The monoisotopic (exact) mass is 379 g/mol. The minimum absolute atomic E-state index is 0.208. The zero-order chi connectivity index (χ0) is 19.3. The molecule has 6 nitrogen and oxygen atoms in total. The van der Waals surface area contributed by atoms with Gasteiger partial charge in [0.25, 0.3) is 0 Å². The molecule has 2 aromatic rings. The largest absolute Gasteiger partial charge is 0.497 e. The molecule has 0 bridgehead atoms. The number of aryl methyl sites for hydroxylation is 2. The second-order valence-electron chi connectivity index (χ2n) is 6.10. The van der Waals surface area contributed by atoms with Crippen LogP contribution in [0, 0.1) is 13.8 Å².